The molecule has 96 valence electrons. The molecule has 0 atom stereocenters. The van der Waals surface area contributed by atoms with Gasteiger partial charge in [-0.05, 0) is 12.1 Å². The maximum absolute atomic E-state index is 12.0. The monoisotopic (exact) mass is 249 g/mol. The van der Waals surface area contributed by atoms with Crippen LogP contribution in [0.3, 0.4) is 0 Å². The second kappa shape index (κ2) is 5.03. The van der Waals surface area contributed by atoms with Crippen molar-refractivity contribution in [2.45, 2.75) is 6.42 Å². The SMILES string of the molecule is CN(C(=O)N1CC(CC(=O)O)C1)c1cccnc1. The van der Waals surface area contributed by atoms with Gasteiger partial charge in [0.25, 0.3) is 0 Å². The van der Waals surface area contributed by atoms with E-state index in [1.54, 1.807) is 36.5 Å². The van der Waals surface area contributed by atoms with Crippen molar-refractivity contribution >= 4 is 17.7 Å². The van der Waals surface area contributed by atoms with E-state index >= 15 is 0 Å². The van der Waals surface area contributed by atoms with Crippen LogP contribution in [0, 0.1) is 5.92 Å². The molecule has 6 heteroatoms. The first-order valence-electron chi connectivity index (χ1n) is 5.72. The second-order valence-electron chi connectivity index (χ2n) is 4.42. The zero-order valence-electron chi connectivity index (χ0n) is 10.1. The molecule has 1 aliphatic rings. The Morgan fingerprint density at radius 1 is 1.56 bits per heavy atom. The van der Waals surface area contributed by atoms with Gasteiger partial charge in [-0.15, -0.1) is 0 Å². The number of rotatable bonds is 3. The summed E-state index contributed by atoms with van der Waals surface area (Å²) in [5.74, 6) is -0.735. The summed E-state index contributed by atoms with van der Waals surface area (Å²) in [7, 11) is 1.68. The molecule has 0 saturated carbocycles. The molecule has 0 radical (unpaired) electrons. The Bertz CT molecular complexity index is 443. The van der Waals surface area contributed by atoms with E-state index in [-0.39, 0.29) is 18.4 Å². The first-order chi connectivity index (χ1) is 8.58. The summed E-state index contributed by atoms with van der Waals surface area (Å²) in [6.07, 6.45) is 3.39. The van der Waals surface area contributed by atoms with Crippen molar-refractivity contribution in [1.29, 1.82) is 0 Å². The molecule has 1 fully saturated rings. The molecule has 1 aromatic rings. The normalized spacial score (nSPS) is 15.1. The summed E-state index contributed by atoms with van der Waals surface area (Å²) in [4.78, 5) is 29.7. The topological polar surface area (TPSA) is 73.7 Å². The van der Waals surface area contributed by atoms with Crippen molar-refractivity contribution < 1.29 is 14.7 Å². The number of nitrogens with zero attached hydrogens (tertiary/aromatic N) is 3. The third-order valence-corrected chi connectivity index (χ3v) is 3.01. The first-order valence-corrected chi connectivity index (χ1v) is 5.72. The van der Waals surface area contributed by atoms with Gasteiger partial charge in [-0.2, -0.15) is 0 Å². The highest BCUT2D eigenvalue weighted by Crippen LogP contribution is 2.22. The maximum Gasteiger partial charge on any atom is 0.324 e. The van der Waals surface area contributed by atoms with Crippen molar-refractivity contribution in [1.82, 2.24) is 9.88 Å². The average molecular weight is 249 g/mol. The molecule has 1 aliphatic heterocycles. The van der Waals surface area contributed by atoms with Gasteiger partial charge in [0.1, 0.15) is 0 Å². The zero-order chi connectivity index (χ0) is 13.1. The minimum absolute atomic E-state index is 0.0775. The van der Waals surface area contributed by atoms with Crippen LogP contribution in [0.2, 0.25) is 0 Å². The molecular weight excluding hydrogens is 234 g/mol. The molecular formula is C12H15N3O3. The van der Waals surface area contributed by atoms with Crippen molar-refractivity contribution in [3.05, 3.63) is 24.5 Å². The van der Waals surface area contributed by atoms with Crippen LogP contribution in [-0.2, 0) is 4.79 Å². The molecule has 1 N–H and O–H groups in total. The minimum Gasteiger partial charge on any atom is -0.481 e. The molecule has 2 amide bonds. The van der Waals surface area contributed by atoms with Gasteiger partial charge in [-0.25, -0.2) is 4.79 Å². The highest BCUT2D eigenvalue weighted by molar-refractivity contribution is 5.91. The van der Waals surface area contributed by atoms with Crippen LogP contribution in [-0.4, -0.2) is 47.1 Å². The number of carbonyl (C=O) groups is 2. The lowest BCUT2D eigenvalue weighted by molar-refractivity contribution is -0.139. The van der Waals surface area contributed by atoms with Crippen molar-refractivity contribution in [2.75, 3.05) is 25.0 Å². The van der Waals surface area contributed by atoms with Crippen molar-refractivity contribution in [2.24, 2.45) is 5.92 Å². The van der Waals surface area contributed by atoms with Gasteiger partial charge in [0.15, 0.2) is 0 Å². The number of hydrogen-bond donors (Lipinski definition) is 1. The molecule has 0 spiro atoms. The van der Waals surface area contributed by atoms with Gasteiger partial charge in [-0.3, -0.25) is 14.7 Å². The van der Waals surface area contributed by atoms with Crippen LogP contribution in [0.1, 0.15) is 6.42 Å². The van der Waals surface area contributed by atoms with E-state index in [9.17, 15) is 9.59 Å². The predicted octanol–water partition coefficient (Wildman–Crippen LogP) is 1.04. The van der Waals surface area contributed by atoms with Gasteiger partial charge < -0.3 is 10.0 Å². The lowest BCUT2D eigenvalue weighted by Crippen LogP contribution is -2.54. The number of urea groups is 1. The lowest BCUT2D eigenvalue weighted by atomic mass is 9.97. The van der Waals surface area contributed by atoms with E-state index < -0.39 is 5.97 Å². The van der Waals surface area contributed by atoms with E-state index in [1.807, 2.05) is 0 Å². The Morgan fingerprint density at radius 3 is 2.83 bits per heavy atom. The van der Waals surface area contributed by atoms with E-state index in [4.69, 9.17) is 5.11 Å². The number of aromatic nitrogens is 1. The van der Waals surface area contributed by atoms with Crippen molar-refractivity contribution in [3.63, 3.8) is 0 Å². The molecule has 0 unspecified atom stereocenters. The highest BCUT2D eigenvalue weighted by atomic mass is 16.4. The van der Waals surface area contributed by atoms with Crippen LogP contribution in [0.25, 0.3) is 0 Å². The fraction of sp³-hybridized carbons (Fsp3) is 0.417. The van der Waals surface area contributed by atoms with Gasteiger partial charge in [0, 0.05) is 32.3 Å². The summed E-state index contributed by atoms with van der Waals surface area (Å²) in [6, 6.07) is 3.45. The molecule has 0 aromatic carbocycles. The molecule has 1 saturated heterocycles. The third-order valence-electron chi connectivity index (χ3n) is 3.01. The van der Waals surface area contributed by atoms with E-state index in [2.05, 4.69) is 4.98 Å². The lowest BCUT2D eigenvalue weighted by Gasteiger charge is -2.40. The van der Waals surface area contributed by atoms with E-state index in [0.29, 0.717) is 13.1 Å². The quantitative estimate of drug-likeness (QED) is 0.868. The average Bonchev–Trinajstić information content (AvgIpc) is 2.32. The number of amides is 2. The Hall–Kier alpha value is -2.11. The summed E-state index contributed by atoms with van der Waals surface area (Å²) < 4.78 is 0. The van der Waals surface area contributed by atoms with Crippen LogP contribution < -0.4 is 4.90 Å². The highest BCUT2D eigenvalue weighted by Gasteiger charge is 2.33. The summed E-state index contributed by atoms with van der Waals surface area (Å²) in [5, 5.41) is 8.64. The molecule has 6 nitrogen and oxygen atoms in total. The molecule has 2 heterocycles. The fourth-order valence-corrected chi connectivity index (χ4v) is 1.98. The molecule has 0 aliphatic carbocycles. The van der Waals surface area contributed by atoms with Crippen LogP contribution >= 0.6 is 0 Å². The maximum atomic E-state index is 12.0. The number of carboxylic acids is 1. The Balaban J connectivity index is 1.88. The summed E-state index contributed by atoms with van der Waals surface area (Å²) in [5.41, 5.74) is 0.726. The van der Waals surface area contributed by atoms with Crippen molar-refractivity contribution in [3.8, 4) is 0 Å². The number of carboxylic acid groups (broad SMARTS) is 1. The number of hydrogen-bond acceptors (Lipinski definition) is 3. The van der Waals surface area contributed by atoms with Crippen LogP contribution in [0.15, 0.2) is 24.5 Å². The van der Waals surface area contributed by atoms with Crippen LogP contribution in [0.4, 0.5) is 10.5 Å². The van der Waals surface area contributed by atoms with E-state index in [0.717, 1.165) is 5.69 Å². The predicted molar refractivity (Wildman–Crippen MR) is 65.4 cm³/mol. The number of pyridine rings is 1. The zero-order valence-corrected chi connectivity index (χ0v) is 10.1. The minimum atomic E-state index is -0.812. The van der Waals surface area contributed by atoms with Gasteiger partial charge >= 0.3 is 12.0 Å². The van der Waals surface area contributed by atoms with Gasteiger partial charge in [0.2, 0.25) is 0 Å². The number of carbonyl (C=O) groups excluding carboxylic acids is 1. The molecule has 18 heavy (non-hydrogen) atoms. The largest absolute Gasteiger partial charge is 0.481 e. The van der Waals surface area contributed by atoms with Gasteiger partial charge in [0.05, 0.1) is 18.3 Å². The third kappa shape index (κ3) is 2.58. The van der Waals surface area contributed by atoms with E-state index in [1.165, 1.54) is 4.90 Å². The molecule has 0 bridgehead atoms. The van der Waals surface area contributed by atoms with Gasteiger partial charge in [-0.1, -0.05) is 0 Å². The molecule has 2 rings (SSSR count). The Morgan fingerprint density at radius 2 is 2.28 bits per heavy atom. The summed E-state index contributed by atoms with van der Waals surface area (Å²) >= 11 is 0. The Labute approximate surface area is 105 Å². The Kier molecular flexibility index (Phi) is 3.45. The second-order valence-corrected chi connectivity index (χ2v) is 4.42. The molecule has 1 aromatic heterocycles. The smallest absolute Gasteiger partial charge is 0.324 e. The number of anilines is 1. The standard InChI is InChI=1S/C12H15N3O3/c1-14(10-3-2-4-13-6-10)12(18)15-7-9(8-15)5-11(16)17/h2-4,6,9H,5,7-8H2,1H3,(H,16,17). The van der Waals surface area contributed by atoms with Crippen LogP contribution in [0.5, 0.6) is 0 Å². The number of aliphatic carboxylic acids is 1. The number of likely N-dealkylation sites (tertiary alicyclic amines) is 1. The first kappa shape index (κ1) is 12.3. The fourth-order valence-electron chi connectivity index (χ4n) is 1.98. The summed E-state index contributed by atoms with van der Waals surface area (Å²) in [6.45, 7) is 1.02.